The molecule has 28 heavy (non-hydrogen) atoms. The predicted molar refractivity (Wildman–Crippen MR) is 110 cm³/mol. The number of nitrogens with one attached hydrogen (secondary N) is 1. The van der Waals surface area contributed by atoms with Gasteiger partial charge in [-0.3, -0.25) is 14.3 Å². The van der Waals surface area contributed by atoms with E-state index < -0.39 is 11.9 Å². The van der Waals surface area contributed by atoms with Crippen molar-refractivity contribution in [1.82, 2.24) is 9.78 Å². The smallest absolute Gasteiger partial charge is 0.341 e. The number of hydrogen-bond donors (Lipinski definition) is 1. The van der Waals surface area contributed by atoms with Crippen LogP contribution in [0, 0.1) is 26.7 Å². The fourth-order valence-corrected chi connectivity index (χ4v) is 4.05. The van der Waals surface area contributed by atoms with E-state index in [1.807, 2.05) is 6.92 Å². The zero-order valence-electron chi connectivity index (χ0n) is 16.8. The first-order valence-electron chi connectivity index (χ1n) is 8.90. The molecule has 2 aromatic rings. The third kappa shape index (κ3) is 4.44. The zero-order valence-corrected chi connectivity index (χ0v) is 18.4. The number of ether oxygens (including phenoxy) is 1. The highest BCUT2D eigenvalue weighted by Crippen LogP contribution is 2.34. The summed E-state index contributed by atoms with van der Waals surface area (Å²) in [7, 11) is 0. The van der Waals surface area contributed by atoms with Crippen LogP contribution in [0.4, 0.5) is 5.00 Å². The van der Waals surface area contributed by atoms with Crippen molar-refractivity contribution < 1.29 is 19.1 Å². The molecule has 7 nitrogen and oxygen atoms in total. The first kappa shape index (κ1) is 22.1. The van der Waals surface area contributed by atoms with Crippen molar-refractivity contribution in [3.8, 4) is 0 Å². The van der Waals surface area contributed by atoms with Gasteiger partial charge in [-0.15, -0.1) is 11.3 Å². The number of carbonyl (C=O) groups is 3. The highest BCUT2D eigenvalue weighted by atomic mass is 35.5. The van der Waals surface area contributed by atoms with Crippen molar-refractivity contribution in [3.63, 3.8) is 0 Å². The van der Waals surface area contributed by atoms with Gasteiger partial charge >= 0.3 is 5.97 Å². The molecule has 0 aromatic carbocycles. The Labute approximate surface area is 173 Å². The number of carbonyl (C=O) groups excluding carboxylic acids is 3. The number of thiophene rings is 1. The number of amides is 1. The van der Waals surface area contributed by atoms with Gasteiger partial charge in [0.25, 0.3) is 0 Å². The van der Waals surface area contributed by atoms with E-state index in [2.05, 4.69) is 10.4 Å². The van der Waals surface area contributed by atoms with Crippen LogP contribution in [0.25, 0.3) is 0 Å². The monoisotopic (exact) mass is 425 g/mol. The second-order valence-electron chi connectivity index (χ2n) is 6.59. The molecule has 2 rings (SSSR count). The maximum atomic E-state index is 12.7. The number of anilines is 1. The molecule has 1 N–H and O–H groups in total. The van der Waals surface area contributed by atoms with Gasteiger partial charge in [-0.2, -0.15) is 5.10 Å². The Hall–Kier alpha value is -2.19. The van der Waals surface area contributed by atoms with Gasteiger partial charge in [0.1, 0.15) is 5.00 Å². The molecule has 152 valence electrons. The van der Waals surface area contributed by atoms with Crippen molar-refractivity contribution in [3.05, 3.63) is 32.4 Å². The fourth-order valence-electron chi connectivity index (χ4n) is 2.82. The van der Waals surface area contributed by atoms with E-state index in [1.54, 1.807) is 32.4 Å². The van der Waals surface area contributed by atoms with Crippen molar-refractivity contribution in [2.45, 2.75) is 48.1 Å². The number of aromatic nitrogens is 2. The lowest BCUT2D eigenvalue weighted by Crippen LogP contribution is -2.25. The molecule has 0 spiro atoms. The minimum atomic E-state index is -0.558. The van der Waals surface area contributed by atoms with Gasteiger partial charge in [0.05, 0.1) is 45.9 Å². The van der Waals surface area contributed by atoms with Crippen LogP contribution in [0.3, 0.4) is 0 Å². The van der Waals surface area contributed by atoms with E-state index in [1.165, 1.54) is 6.92 Å². The molecule has 0 bridgehead atoms. The van der Waals surface area contributed by atoms with E-state index in [-0.39, 0.29) is 23.9 Å². The first-order valence-corrected chi connectivity index (χ1v) is 10.1. The Morgan fingerprint density at radius 1 is 1.29 bits per heavy atom. The Morgan fingerprint density at radius 3 is 2.43 bits per heavy atom. The molecule has 0 saturated carbocycles. The summed E-state index contributed by atoms with van der Waals surface area (Å²) in [6.07, 6.45) is 0. The Balaban J connectivity index is 2.26. The summed E-state index contributed by atoms with van der Waals surface area (Å²) >= 11 is 7.25. The van der Waals surface area contributed by atoms with E-state index in [9.17, 15) is 14.4 Å². The van der Waals surface area contributed by atoms with E-state index in [4.69, 9.17) is 16.3 Å². The predicted octanol–water partition coefficient (Wildman–Crippen LogP) is 4.18. The van der Waals surface area contributed by atoms with Crippen LogP contribution in [-0.4, -0.2) is 34.0 Å². The Morgan fingerprint density at radius 2 is 1.93 bits per heavy atom. The Bertz CT molecular complexity index is 932. The maximum Gasteiger partial charge on any atom is 0.341 e. The number of esters is 1. The van der Waals surface area contributed by atoms with Gasteiger partial charge in [-0.05, 0) is 40.2 Å². The van der Waals surface area contributed by atoms with E-state index in [0.29, 0.717) is 32.7 Å². The molecule has 0 aliphatic heterocycles. The molecular weight excluding hydrogens is 402 g/mol. The zero-order chi connectivity index (χ0) is 21.2. The van der Waals surface area contributed by atoms with Gasteiger partial charge in [0, 0.05) is 0 Å². The van der Waals surface area contributed by atoms with Gasteiger partial charge in [0.2, 0.25) is 5.91 Å². The summed E-state index contributed by atoms with van der Waals surface area (Å²) in [5.74, 6) is -1.45. The molecule has 2 heterocycles. The fraction of sp³-hybridized carbons (Fsp3) is 0.474. The minimum Gasteiger partial charge on any atom is -0.462 e. The van der Waals surface area contributed by atoms with Crippen LogP contribution in [0.1, 0.15) is 57.8 Å². The second-order valence-corrected chi connectivity index (χ2v) is 7.99. The summed E-state index contributed by atoms with van der Waals surface area (Å²) < 4.78 is 6.78. The Kier molecular flexibility index (Phi) is 7.01. The molecule has 2 aromatic heterocycles. The number of Topliss-reactive ketones (excluding diaryl/α,β-unsaturated/α-hetero) is 1. The lowest BCUT2D eigenvalue weighted by Gasteiger charge is -2.13. The largest absolute Gasteiger partial charge is 0.462 e. The summed E-state index contributed by atoms with van der Waals surface area (Å²) in [4.78, 5) is 37.4. The summed E-state index contributed by atoms with van der Waals surface area (Å²) in [5.41, 5.74) is 2.24. The van der Waals surface area contributed by atoms with Gasteiger partial charge in [-0.25, -0.2) is 4.79 Å². The average Bonchev–Trinajstić information content (AvgIpc) is 3.06. The normalized spacial score (nSPS) is 12.0. The average molecular weight is 426 g/mol. The van der Waals surface area contributed by atoms with Crippen LogP contribution >= 0.6 is 22.9 Å². The number of ketones is 1. The molecule has 1 unspecified atom stereocenters. The third-order valence-corrected chi connectivity index (χ3v) is 6.23. The third-order valence-electron chi connectivity index (χ3n) is 4.37. The molecule has 1 amide bonds. The van der Waals surface area contributed by atoms with Crippen LogP contribution in [0.15, 0.2) is 0 Å². The number of halogens is 1. The number of aryl methyl sites for hydroxylation is 1. The highest BCUT2D eigenvalue weighted by Gasteiger charge is 2.26. The number of nitrogens with zero attached hydrogens (tertiary/aromatic N) is 2. The quantitative estimate of drug-likeness (QED) is 0.530. The molecule has 9 heteroatoms. The van der Waals surface area contributed by atoms with Crippen molar-refractivity contribution in [1.29, 1.82) is 0 Å². The lowest BCUT2D eigenvalue weighted by atomic mass is 10.1. The first-order chi connectivity index (χ1) is 13.1. The molecule has 0 fully saturated rings. The maximum absolute atomic E-state index is 12.7. The number of hydrogen-bond acceptors (Lipinski definition) is 6. The van der Waals surface area contributed by atoms with Gasteiger partial charge in [0.15, 0.2) is 5.78 Å². The molecule has 0 aliphatic carbocycles. The summed E-state index contributed by atoms with van der Waals surface area (Å²) in [5, 5.41) is 8.02. The van der Waals surface area contributed by atoms with Crippen molar-refractivity contribution >= 4 is 45.6 Å². The topological polar surface area (TPSA) is 90.3 Å². The number of rotatable bonds is 7. The van der Waals surface area contributed by atoms with Crippen LogP contribution < -0.4 is 5.32 Å². The second kappa shape index (κ2) is 8.87. The van der Waals surface area contributed by atoms with Crippen LogP contribution in [0.5, 0.6) is 0 Å². The summed E-state index contributed by atoms with van der Waals surface area (Å²) in [6.45, 7) is 10.7. The molecule has 0 saturated heterocycles. The molecular formula is C19H24ClN3O4S. The standard InChI is InChI=1S/C19H24ClN3O4S/c1-7-27-19(26)14-10(3)16(13(6)24)28-18(14)21-17(25)9(2)8-23-12(5)15(20)11(4)22-23/h9H,7-8H2,1-6H3,(H,21,25). The highest BCUT2D eigenvalue weighted by molar-refractivity contribution is 7.18. The SMILES string of the molecule is CCOC(=O)c1c(NC(=O)C(C)Cn2nc(C)c(Cl)c2C)sc(C(C)=O)c1C. The van der Waals surface area contributed by atoms with Crippen molar-refractivity contribution in [2.75, 3.05) is 11.9 Å². The molecule has 1 atom stereocenters. The van der Waals surface area contributed by atoms with E-state index in [0.717, 1.165) is 17.0 Å². The summed E-state index contributed by atoms with van der Waals surface area (Å²) in [6, 6.07) is 0. The molecule has 0 aliphatic rings. The van der Waals surface area contributed by atoms with Gasteiger partial charge < -0.3 is 10.1 Å². The molecule has 0 radical (unpaired) electrons. The lowest BCUT2D eigenvalue weighted by molar-refractivity contribution is -0.119. The van der Waals surface area contributed by atoms with Crippen LogP contribution in [0.2, 0.25) is 5.02 Å². The van der Waals surface area contributed by atoms with E-state index >= 15 is 0 Å². The van der Waals surface area contributed by atoms with Crippen LogP contribution in [-0.2, 0) is 16.1 Å². The minimum absolute atomic E-state index is 0.168. The van der Waals surface area contributed by atoms with Crippen molar-refractivity contribution in [2.24, 2.45) is 5.92 Å². The van der Waals surface area contributed by atoms with Gasteiger partial charge in [-0.1, -0.05) is 18.5 Å².